The molecule has 10 heteroatoms. The molecule has 9 nitrogen and oxygen atoms in total. The number of carbonyl (C=O) groups excluding carboxylic acids is 1. The summed E-state index contributed by atoms with van der Waals surface area (Å²) in [6.45, 7) is 0.0294. The summed E-state index contributed by atoms with van der Waals surface area (Å²) < 4.78 is 0. The zero-order valence-electron chi connectivity index (χ0n) is 16.5. The highest BCUT2D eigenvalue weighted by molar-refractivity contribution is 6.36. The second-order valence-electron chi connectivity index (χ2n) is 6.64. The highest BCUT2D eigenvalue weighted by Crippen LogP contribution is 2.31. The minimum atomic E-state index is -0.734. The Bertz CT molecular complexity index is 1240. The van der Waals surface area contributed by atoms with E-state index in [9.17, 15) is 14.9 Å². The largest absolute Gasteiger partial charge is 0.435 e. The Morgan fingerprint density at radius 1 is 1.03 bits per heavy atom. The van der Waals surface area contributed by atoms with E-state index >= 15 is 0 Å². The number of anilines is 1. The van der Waals surface area contributed by atoms with E-state index < -0.39 is 11.0 Å². The van der Waals surface area contributed by atoms with Crippen LogP contribution >= 0.6 is 11.6 Å². The number of halogens is 1. The van der Waals surface area contributed by atoms with Gasteiger partial charge >= 0.3 is 6.09 Å². The quantitative estimate of drug-likeness (QED) is 0.436. The number of rotatable bonds is 3. The molecule has 0 spiro atoms. The van der Waals surface area contributed by atoms with Crippen molar-refractivity contribution < 1.29 is 14.6 Å². The lowest BCUT2D eigenvalue weighted by Crippen LogP contribution is -2.31. The third-order valence-electron chi connectivity index (χ3n) is 4.50. The second-order valence-corrected chi connectivity index (χ2v) is 7.05. The van der Waals surface area contributed by atoms with Crippen LogP contribution in [0.2, 0.25) is 5.02 Å². The molecule has 160 valence electrons. The van der Waals surface area contributed by atoms with Crippen molar-refractivity contribution in [1.29, 1.82) is 0 Å². The Hall–Kier alpha value is -4.24. The molecule has 0 radical (unpaired) electrons. The predicted octanol–water partition coefficient (Wildman–Crippen LogP) is 4.88. The fraction of sp³-hybridized carbons (Fsp3) is 0.0455. The summed E-state index contributed by atoms with van der Waals surface area (Å²) >= 11 is 6.35. The normalized spacial score (nSPS) is 12.5. The van der Waals surface area contributed by atoms with Gasteiger partial charge in [-0.3, -0.25) is 20.4 Å². The maximum Gasteiger partial charge on any atom is 0.435 e. The number of carbonyl (C=O) groups is 1. The van der Waals surface area contributed by atoms with Gasteiger partial charge in [0.05, 0.1) is 16.3 Å². The van der Waals surface area contributed by atoms with Crippen molar-refractivity contribution >= 4 is 46.3 Å². The molecule has 3 aromatic carbocycles. The number of amides is 1. The summed E-state index contributed by atoms with van der Waals surface area (Å²) in [7, 11) is 0. The molecule has 0 atom stereocenters. The molecule has 0 aliphatic carbocycles. The van der Waals surface area contributed by atoms with Crippen molar-refractivity contribution in [3.63, 3.8) is 0 Å². The van der Waals surface area contributed by atoms with Crippen molar-refractivity contribution in [2.24, 2.45) is 9.98 Å². The van der Waals surface area contributed by atoms with Crippen LogP contribution < -0.4 is 10.8 Å². The average molecular weight is 450 g/mol. The molecule has 3 aromatic rings. The molecule has 0 unspecified atom stereocenters. The Morgan fingerprint density at radius 3 is 2.53 bits per heavy atom. The lowest BCUT2D eigenvalue weighted by Gasteiger charge is -2.09. The van der Waals surface area contributed by atoms with Crippen molar-refractivity contribution in [2.75, 3.05) is 11.9 Å². The van der Waals surface area contributed by atoms with E-state index in [2.05, 4.69) is 20.8 Å². The molecule has 4 rings (SSSR count). The molecule has 1 heterocycles. The first-order valence-corrected chi connectivity index (χ1v) is 9.83. The first-order chi connectivity index (χ1) is 15.5. The highest BCUT2D eigenvalue weighted by Gasteiger charge is 2.21. The van der Waals surface area contributed by atoms with E-state index in [1.807, 2.05) is 6.07 Å². The number of nitrogens with one attached hydrogen (secondary N) is 2. The van der Waals surface area contributed by atoms with Gasteiger partial charge in [-0.15, -0.1) is 0 Å². The molecule has 0 aromatic heterocycles. The van der Waals surface area contributed by atoms with Gasteiger partial charge in [-0.2, -0.15) is 0 Å². The number of aliphatic imine (C=N–C) groups is 2. The average Bonchev–Trinajstić information content (AvgIpc) is 2.97. The van der Waals surface area contributed by atoms with Gasteiger partial charge in [-0.25, -0.2) is 15.3 Å². The van der Waals surface area contributed by atoms with E-state index in [0.29, 0.717) is 33.2 Å². The van der Waals surface area contributed by atoms with E-state index in [1.54, 1.807) is 48.5 Å². The maximum absolute atomic E-state index is 12.1. The smallest absolute Gasteiger partial charge is 0.323 e. The minimum Gasteiger partial charge on any atom is -0.323 e. The summed E-state index contributed by atoms with van der Waals surface area (Å²) in [5, 5.41) is 14.3. The summed E-state index contributed by atoms with van der Waals surface area (Å²) in [4.78, 5) is 36.9. The fourth-order valence-electron chi connectivity index (χ4n) is 3.05. The molecule has 32 heavy (non-hydrogen) atoms. The van der Waals surface area contributed by atoms with E-state index in [-0.39, 0.29) is 18.1 Å². The number of amidine groups is 1. The van der Waals surface area contributed by atoms with Crippen LogP contribution in [0.1, 0.15) is 11.1 Å². The van der Waals surface area contributed by atoms with Crippen molar-refractivity contribution in [3.05, 3.63) is 99.1 Å². The molecule has 1 aliphatic heterocycles. The third-order valence-corrected chi connectivity index (χ3v) is 4.83. The van der Waals surface area contributed by atoms with Crippen molar-refractivity contribution in [3.8, 4) is 0 Å². The SMILES string of the molecule is O=C(Nc1ccccc1)ONC1=Nc2ccc([N+](=O)[O-])cc2C(c2ccccc2Cl)=NC1. The summed E-state index contributed by atoms with van der Waals surface area (Å²) in [6.07, 6.45) is -0.734. The number of benzene rings is 3. The monoisotopic (exact) mass is 449 g/mol. The minimum absolute atomic E-state index is 0.0294. The number of nitro benzene ring substituents is 1. The number of nitro groups is 1. The second kappa shape index (κ2) is 9.27. The molecule has 1 aliphatic rings. The molecule has 2 N–H and O–H groups in total. The molecular weight excluding hydrogens is 434 g/mol. The van der Waals surface area contributed by atoms with Crippen LogP contribution in [-0.4, -0.2) is 29.1 Å². The number of para-hydroxylation sites is 1. The van der Waals surface area contributed by atoms with E-state index in [1.165, 1.54) is 18.2 Å². The number of non-ortho nitro benzene ring substituents is 1. The van der Waals surface area contributed by atoms with E-state index in [0.717, 1.165) is 0 Å². The first-order valence-electron chi connectivity index (χ1n) is 9.46. The summed E-state index contributed by atoms with van der Waals surface area (Å²) in [6, 6.07) is 20.1. The Morgan fingerprint density at radius 2 is 1.78 bits per heavy atom. The Balaban J connectivity index is 1.62. The molecule has 0 saturated carbocycles. The number of hydroxylamine groups is 1. The van der Waals surface area contributed by atoms with Crippen LogP contribution in [0.15, 0.2) is 82.8 Å². The van der Waals surface area contributed by atoms with Gasteiger partial charge in [0.25, 0.3) is 5.69 Å². The molecular formula is C22H16ClN5O4. The number of hydrogen-bond donors (Lipinski definition) is 2. The van der Waals surface area contributed by atoms with Crippen LogP contribution in [0.4, 0.5) is 21.9 Å². The maximum atomic E-state index is 12.1. The Labute approximate surface area is 187 Å². The van der Waals surface area contributed by atoms with Crippen LogP contribution in [0.5, 0.6) is 0 Å². The van der Waals surface area contributed by atoms with Gasteiger partial charge < -0.3 is 4.84 Å². The summed E-state index contributed by atoms with van der Waals surface area (Å²) in [5.74, 6) is 0.241. The lowest BCUT2D eigenvalue weighted by molar-refractivity contribution is -0.384. The third kappa shape index (κ3) is 4.73. The molecule has 1 amide bonds. The number of fused-ring (bicyclic) bond motifs is 1. The van der Waals surface area contributed by atoms with E-state index in [4.69, 9.17) is 16.4 Å². The highest BCUT2D eigenvalue weighted by atomic mass is 35.5. The van der Waals surface area contributed by atoms with Gasteiger partial charge in [0.15, 0.2) is 5.84 Å². The standard InChI is InChI=1S/C22H16ClN5O4/c23-18-9-5-4-8-16(18)21-17-12-15(28(30)31)10-11-19(17)26-20(13-24-21)27-32-22(29)25-14-6-2-1-3-7-14/h1-12H,13H2,(H,25,29)(H,26,27). The zero-order valence-corrected chi connectivity index (χ0v) is 17.2. The van der Waals surface area contributed by atoms with Crippen LogP contribution in [0.25, 0.3) is 0 Å². The zero-order chi connectivity index (χ0) is 22.5. The topological polar surface area (TPSA) is 118 Å². The molecule has 0 bridgehead atoms. The fourth-order valence-corrected chi connectivity index (χ4v) is 3.28. The lowest BCUT2D eigenvalue weighted by atomic mass is 10.00. The number of hydrogen-bond acceptors (Lipinski definition) is 7. The molecule has 0 saturated heterocycles. The first kappa shape index (κ1) is 21.0. The van der Waals surface area contributed by atoms with Crippen LogP contribution in [-0.2, 0) is 4.84 Å². The summed E-state index contributed by atoms with van der Waals surface area (Å²) in [5.41, 5.74) is 4.89. The van der Waals surface area contributed by atoms with Crippen LogP contribution in [0.3, 0.4) is 0 Å². The van der Waals surface area contributed by atoms with Gasteiger partial charge in [0, 0.05) is 34.0 Å². The van der Waals surface area contributed by atoms with Gasteiger partial charge in [-0.05, 0) is 24.3 Å². The Kier molecular flexibility index (Phi) is 6.09. The van der Waals surface area contributed by atoms with Crippen molar-refractivity contribution in [2.45, 2.75) is 0 Å². The van der Waals surface area contributed by atoms with Gasteiger partial charge in [-0.1, -0.05) is 48.0 Å². The van der Waals surface area contributed by atoms with Gasteiger partial charge in [0.1, 0.15) is 6.54 Å². The van der Waals surface area contributed by atoms with Crippen LogP contribution in [0, 0.1) is 10.1 Å². The predicted molar refractivity (Wildman–Crippen MR) is 122 cm³/mol. The molecule has 0 fully saturated rings. The number of nitrogens with zero attached hydrogens (tertiary/aromatic N) is 3. The van der Waals surface area contributed by atoms with Gasteiger partial charge in [0.2, 0.25) is 0 Å². The van der Waals surface area contributed by atoms with Crippen molar-refractivity contribution in [1.82, 2.24) is 5.48 Å².